The lowest BCUT2D eigenvalue weighted by molar-refractivity contribution is 0.137. The van der Waals surface area contributed by atoms with Crippen LogP contribution in [-0.2, 0) is 6.42 Å². The van der Waals surface area contributed by atoms with Crippen LogP contribution in [0.5, 0.6) is 0 Å². The standard InChI is InChI=1S/C13H22IN3/c1-13(2,17(3)4)12(16-15)9-10-5-7-11(14)8-6-10/h5-8,12,16H,9,15H2,1-4H3. The van der Waals surface area contributed by atoms with Gasteiger partial charge < -0.3 is 4.90 Å². The Bertz CT molecular complexity index is 346. The van der Waals surface area contributed by atoms with Crippen LogP contribution in [0.2, 0.25) is 0 Å². The Morgan fingerprint density at radius 1 is 1.29 bits per heavy atom. The molecule has 4 heteroatoms. The average Bonchev–Trinajstić information content (AvgIpc) is 2.27. The number of halogens is 1. The summed E-state index contributed by atoms with van der Waals surface area (Å²) in [5.41, 5.74) is 4.26. The predicted octanol–water partition coefficient (Wildman–Crippen LogP) is 2.01. The highest BCUT2D eigenvalue weighted by Crippen LogP contribution is 2.19. The van der Waals surface area contributed by atoms with Crippen LogP contribution in [0.25, 0.3) is 0 Å². The van der Waals surface area contributed by atoms with Gasteiger partial charge in [0.2, 0.25) is 0 Å². The molecule has 17 heavy (non-hydrogen) atoms. The van der Waals surface area contributed by atoms with Crippen molar-refractivity contribution in [1.29, 1.82) is 0 Å². The maximum Gasteiger partial charge on any atom is 0.0429 e. The Hall–Kier alpha value is -0.170. The fourth-order valence-electron chi connectivity index (χ4n) is 1.68. The quantitative estimate of drug-likeness (QED) is 0.486. The highest BCUT2D eigenvalue weighted by molar-refractivity contribution is 14.1. The molecule has 1 unspecified atom stereocenters. The van der Waals surface area contributed by atoms with Crippen molar-refractivity contribution in [3.05, 3.63) is 33.4 Å². The Morgan fingerprint density at radius 3 is 2.24 bits per heavy atom. The largest absolute Gasteiger partial charge is 0.303 e. The second-order valence-corrected chi connectivity index (χ2v) is 6.34. The maximum absolute atomic E-state index is 5.70. The fraction of sp³-hybridized carbons (Fsp3) is 0.538. The molecule has 1 atom stereocenters. The van der Waals surface area contributed by atoms with Gasteiger partial charge in [-0.1, -0.05) is 12.1 Å². The van der Waals surface area contributed by atoms with E-state index in [1.54, 1.807) is 0 Å². The number of likely N-dealkylation sites (N-methyl/N-ethyl adjacent to an activating group) is 1. The van der Waals surface area contributed by atoms with Gasteiger partial charge in [0.15, 0.2) is 0 Å². The van der Waals surface area contributed by atoms with Gasteiger partial charge in [0.05, 0.1) is 0 Å². The zero-order valence-electron chi connectivity index (χ0n) is 11.0. The van der Waals surface area contributed by atoms with Gasteiger partial charge in [-0.25, -0.2) is 0 Å². The molecule has 1 aromatic carbocycles. The molecule has 1 aromatic rings. The van der Waals surface area contributed by atoms with Gasteiger partial charge in [0.25, 0.3) is 0 Å². The van der Waals surface area contributed by atoms with E-state index >= 15 is 0 Å². The molecule has 0 aromatic heterocycles. The van der Waals surface area contributed by atoms with Crippen LogP contribution in [0.15, 0.2) is 24.3 Å². The molecular weight excluding hydrogens is 325 g/mol. The topological polar surface area (TPSA) is 41.3 Å². The summed E-state index contributed by atoms with van der Waals surface area (Å²) in [6.07, 6.45) is 0.929. The third-order valence-electron chi connectivity index (χ3n) is 3.56. The van der Waals surface area contributed by atoms with Crippen LogP contribution in [0.4, 0.5) is 0 Å². The van der Waals surface area contributed by atoms with Crippen LogP contribution >= 0.6 is 22.6 Å². The van der Waals surface area contributed by atoms with Crippen molar-refractivity contribution < 1.29 is 0 Å². The summed E-state index contributed by atoms with van der Waals surface area (Å²) in [4.78, 5) is 2.20. The lowest BCUT2D eigenvalue weighted by Gasteiger charge is -2.40. The second-order valence-electron chi connectivity index (χ2n) is 5.10. The van der Waals surface area contributed by atoms with Crippen LogP contribution < -0.4 is 11.3 Å². The van der Waals surface area contributed by atoms with E-state index in [4.69, 9.17) is 5.84 Å². The lowest BCUT2D eigenvalue weighted by atomic mass is 9.88. The number of nitrogens with one attached hydrogen (secondary N) is 1. The summed E-state index contributed by atoms with van der Waals surface area (Å²) < 4.78 is 1.26. The SMILES string of the molecule is CN(C)C(C)(C)C(Cc1ccc(I)cc1)NN. The normalized spacial score (nSPS) is 14.1. The van der Waals surface area contributed by atoms with Gasteiger partial charge >= 0.3 is 0 Å². The molecular formula is C13H22IN3. The molecule has 3 nitrogen and oxygen atoms in total. The second kappa shape index (κ2) is 6.13. The lowest BCUT2D eigenvalue weighted by Crippen LogP contribution is -2.58. The van der Waals surface area contributed by atoms with Crippen molar-refractivity contribution >= 4 is 22.6 Å². The molecule has 0 aliphatic heterocycles. The van der Waals surface area contributed by atoms with E-state index in [1.807, 2.05) is 0 Å². The van der Waals surface area contributed by atoms with E-state index in [0.29, 0.717) is 0 Å². The third-order valence-corrected chi connectivity index (χ3v) is 4.28. The zero-order chi connectivity index (χ0) is 13.1. The number of hydrazine groups is 1. The zero-order valence-corrected chi connectivity index (χ0v) is 13.2. The van der Waals surface area contributed by atoms with E-state index in [0.717, 1.165) is 6.42 Å². The molecule has 96 valence electrons. The summed E-state index contributed by atoms with van der Waals surface area (Å²) in [6.45, 7) is 4.40. The molecule has 0 saturated carbocycles. The van der Waals surface area contributed by atoms with Crippen molar-refractivity contribution in [2.45, 2.75) is 31.8 Å². The Morgan fingerprint density at radius 2 is 1.82 bits per heavy atom. The first kappa shape index (κ1) is 14.9. The van der Waals surface area contributed by atoms with Gasteiger partial charge in [-0.3, -0.25) is 11.3 Å². The molecule has 0 saturated heterocycles. The molecule has 0 aliphatic carbocycles. The molecule has 0 radical (unpaired) electrons. The van der Waals surface area contributed by atoms with E-state index in [2.05, 4.69) is 85.1 Å². The first-order valence-electron chi connectivity index (χ1n) is 5.76. The van der Waals surface area contributed by atoms with Crippen LogP contribution in [0.1, 0.15) is 19.4 Å². The van der Waals surface area contributed by atoms with Gasteiger partial charge in [-0.15, -0.1) is 0 Å². The molecule has 0 fully saturated rings. The van der Waals surface area contributed by atoms with Crippen molar-refractivity contribution in [3.63, 3.8) is 0 Å². The first-order valence-corrected chi connectivity index (χ1v) is 6.83. The molecule has 3 N–H and O–H groups in total. The van der Waals surface area contributed by atoms with Crippen molar-refractivity contribution in [2.24, 2.45) is 5.84 Å². The van der Waals surface area contributed by atoms with E-state index < -0.39 is 0 Å². The minimum atomic E-state index is 0.0117. The molecule has 0 aliphatic rings. The monoisotopic (exact) mass is 347 g/mol. The van der Waals surface area contributed by atoms with E-state index in [-0.39, 0.29) is 11.6 Å². The molecule has 0 bridgehead atoms. The number of benzene rings is 1. The van der Waals surface area contributed by atoms with Crippen LogP contribution in [0.3, 0.4) is 0 Å². The number of nitrogens with zero attached hydrogens (tertiary/aromatic N) is 1. The Kier molecular flexibility index (Phi) is 5.37. The molecule has 0 heterocycles. The fourth-order valence-corrected chi connectivity index (χ4v) is 2.04. The van der Waals surface area contributed by atoms with E-state index in [1.165, 1.54) is 9.13 Å². The average molecular weight is 347 g/mol. The first-order chi connectivity index (χ1) is 7.87. The van der Waals surface area contributed by atoms with Crippen LogP contribution in [-0.4, -0.2) is 30.6 Å². The third kappa shape index (κ3) is 3.91. The molecule has 0 spiro atoms. The Labute approximate surface area is 118 Å². The van der Waals surface area contributed by atoms with Gasteiger partial charge in [0.1, 0.15) is 0 Å². The minimum absolute atomic E-state index is 0.0117. The van der Waals surface area contributed by atoms with Gasteiger partial charge in [-0.05, 0) is 74.7 Å². The van der Waals surface area contributed by atoms with Crippen molar-refractivity contribution in [2.75, 3.05) is 14.1 Å². The van der Waals surface area contributed by atoms with Crippen LogP contribution in [0, 0.1) is 3.57 Å². The highest BCUT2D eigenvalue weighted by Gasteiger charge is 2.30. The summed E-state index contributed by atoms with van der Waals surface area (Å²) in [7, 11) is 4.16. The summed E-state index contributed by atoms with van der Waals surface area (Å²) >= 11 is 2.32. The number of hydrogen-bond donors (Lipinski definition) is 2. The van der Waals surface area contributed by atoms with E-state index in [9.17, 15) is 0 Å². The summed E-state index contributed by atoms with van der Waals surface area (Å²) in [6, 6.07) is 8.81. The Balaban J connectivity index is 2.80. The summed E-state index contributed by atoms with van der Waals surface area (Å²) in [5, 5.41) is 0. The number of rotatable bonds is 5. The number of nitrogens with two attached hydrogens (primary N) is 1. The predicted molar refractivity (Wildman–Crippen MR) is 81.7 cm³/mol. The molecule has 0 amide bonds. The smallest absolute Gasteiger partial charge is 0.0429 e. The van der Waals surface area contributed by atoms with Crippen molar-refractivity contribution in [3.8, 4) is 0 Å². The van der Waals surface area contributed by atoms with Gasteiger partial charge in [-0.2, -0.15) is 0 Å². The number of hydrogen-bond acceptors (Lipinski definition) is 3. The minimum Gasteiger partial charge on any atom is -0.303 e. The van der Waals surface area contributed by atoms with Gasteiger partial charge in [0, 0.05) is 15.2 Å². The summed E-state index contributed by atoms with van der Waals surface area (Å²) in [5.74, 6) is 5.70. The van der Waals surface area contributed by atoms with Crippen molar-refractivity contribution in [1.82, 2.24) is 10.3 Å². The maximum atomic E-state index is 5.70. The highest BCUT2D eigenvalue weighted by atomic mass is 127. The molecule has 1 rings (SSSR count).